The second-order valence-electron chi connectivity index (χ2n) is 4.20. The second kappa shape index (κ2) is 5.18. The van der Waals surface area contributed by atoms with Crippen molar-refractivity contribution in [2.75, 3.05) is 10.6 Å². The van der Waals surface area contributed by atoms with Crippen molar-refractivity contribution in [3.05, 3.63) is 40.7 Å². The van der Waals surface area contributed by atoms with E-state index in [1.807, 2.05) is 31.4 Å². The molecule has 2 aromatic heterocycles. The molecule has 0 spiro atoms. The Morgan fingerprint density at radius 1 is 1.39 bits per heavy atom. The predicted molar refractivity (Wildman–Crippen MR) is 74.9 cm³/mol. The highest BCUT2D eigenvalue weighted by Crippen LogP contribution is 2.20. The first-order valence-electron chi connectivity index (χ1n) is 5.68. The third-order valence-electron chi connectivity index (χ3n) is 2.48. The summed E-state index contributed by atoms with van der Waals surface area (Å²) in [5.41, 5.74) is 6.20. The highest BCUT2D eigenvalue weighted by atomic mass is 32.1. The Morgan fingerprint density at radius 3 is 2.67 bits per heavy atom. The van der Waals surface area contributed by atoms with Crippen LogP contribution in [0.2, 0.25) is 0 Å². The zero-order chi connectivity index (χ0) is 13.1. The van der Waals surface area contributed by atoms with E-state index in [1.54, 1.807) is 23.2 Å². The quantitative estimate of drug-likeness (QED) is 0.924. The Balaban J connectivity index is 2.34. The first-order chi connectivity index (χ1) is 8.59. The summed E-state index contributed by atoms with van der Waals surface area (Å²) in [5.74, 6) is 0.592. The third-order valence-corrected chi connectivity index (χ3v) is 3.34. The maximum Gasteiger partial charge on any atom is 0.269 e. The molecule has 0 aliphatic rings. The number of pyridine rings is 1. The number of aromatic nitrogens is 1. The maximum absolute atomic E-state index is 12.4. The van der Waals surface area contributed by atoms with Crippen LogP contribution in [0.5, 0.6) is 0 Å². The molecule has 2 heterocycles. The standard InChI is InChI=1S/C13H15N3OS/c1-9(2)16(12-6-5-10(14)8-15-12)13(17)11-4-3-7-18-11/h3-9H,14H2,1-2H3. The van der Waals surface area contributed by atoms with Gasteiger partial charge in [0.1, 0.15) is 5.82 Å². The van der Waals surface area contributed by atoms with E-state index in [1.165, 1.54) is 11.3 Å². The van der Waals surface area contributed by atoms with Crippen LogP contribution in [-0.2, 0) is 0 Å². The van der Waals surface area contributed by atoms with Crippen LogP contribution in [0.25, 0.3) is 0 Å². The molecule has 2 N–H and O–H groups in total. The van der Waals surface area contributed by atoms with Gasteiger partial charge in [0.15, 0.2) is 0 Å². The Kier molecular flexibility index (Phi) is 3.62. The van der Waals surface area contributed by atoms with Gasteiger partial charge >= 0.3 is 0 Å². The maximum atomic E-state index is 12.4. The SMILES string of the molecule is CC(C)N(C(=O)c1cccs1)c1ccc(N)cn1. The summed E-state index contributed by atoms with van der Waals surface area (Å²) >= 11 is 1.43. The van der Waals surface area contributed by atoms with Crippen molar-refractivity contribution in [1.82, 2.24) is 4.98 Å². The Morgan fingerprint density at radius 2 is 2.17 bits per heavy atom. The summed E-state index contributed by atoms with van der Waals surface area (Å²) in [6.07, 6.45) is 1.56. The van der Waals surface area contributed by atoms with Crippen LogP contribution in [0.15, 0.2) is 35.8 Å². The van der Waals surface area contributed by atoms with Crippen molar-refractivity contribution >= 4 is 28.7 Å². The molecule has 5 heteroatoms. The van der Waals surface area contributed by atoms with Crippen LogP contribution in [0, 0.1) is 0 Å². The number of nitrogen functional groups attached to an aromatic ring is 1. The van der Waals surface area contributed by atoms with E-state index in [0.29, 0.717) is 16.4 Å². The smallest absolute Gasteiger partial charge is 0.269 e. The number of carbonyl (C=O) groups excluding carboxylic acids is 1. The second-order valence-corrected chi connectivity index (χ2v) is 5.14. The number of carbonyl (C=O) groups is 1. The van der Waals surface area contributed by atoms with Crippen molar-refractivity contribution in [3.8, 4) is 0 Å². The van der Waals surface area contributed by atoms with Gasteiger partial charge in [0.05, 0.1) is 16.8 Å². The van der Waals surface area contributed by atoms with Gasteiger partial charge in [-0.3, -0.25) is 9.69 Å². The van der Waals surface area contributed by atoms with Crippen LogP contribution >= 0.6 is 11.3 Å². The van der Waals surface area contributed by atoms with Crippen molar-refractivity contribution < 1.29 is 4.79 Å². The molecule has 1 amide bonds. The van der Waals surface area contributed by atoms with E-state index in [2.05, 4.69) is 4.98 Å². The first kappa shape index (κ1) is 12.6. The molecule has 0 saturated carbocycles. The van der Waals surface area contributed by atoms with Gasteiger partial charge in [-0.25, -0.2) is 4.98 Å². The van der Waals surface area contributed by atoms with Crippen molar-refractivity contribution in [3.63, 3.8) is 0 Å². The molecule has 94 valence electrons. The van der Waals surface area contributed by atoms with E-state index in [4.69, 9.17) is 5.73 Å². The molecule has 0 aliphatic heterocycles. The normalized spacial score (nSPS) is 10.6. The van der Waals surface area contributed by atoms with Gasteiger partial charge in [-0.1, -0.05) is 6.07 Å². The van der Waals surface area contributed by atoms with Crippen LogP contribution in [0.3, 0.4) is 0 Å². The van der Waals surface area contributed by atoms with Gasteiger partial charge in [-0.2, -0.15) is 0 Å². The van der Waals surface area contributed by atoms with Gasteiger partial charge in [0.25, 0.3) is 5.91 Å². The molecule has 4 nitrogen and oxygen atoms in total. The summed E-state index contributed by atoms with van der Waals surface area (Å²) in [5, 5.41) is 1.89. The Labute approximate surface area is 110 Å². The summed E-state index contributed by atoms with van der Waals surface area (Å²) in [7, 11) is 0. The van der Waals surface area contributed by atoms with Gasteiger partial charge in [-0.05, 0) is 37.4 Å². The molecule has 2 rings (SSSR count). The molecule has 0 aliphatic carbocycles. The molecule has 0 aromatic carbocycles. The summed E-state index contributed by atoms with van der Waals surface area (Å²) < 4.78 is 0. The van der Waals surface area contributed by atoms with E-state index < -0.39 is 0 Å². The fourth-order valence-corrected chi connectivity index (χ4v) is 2.32. The minimum absolute atomic E-state index is 0.0303. The number of thiophene rings is 1. The molecule has 0 radical (unpaired) electrons. The molecule has 0 unspecified atom stereocenters. The monoisotopic (exact) mass is 261 g/mol. The number of nitrogens with zero attached hydrogens (tertiary/aromatic N) is 2. The number of hydrogen-bond acceptors (Lipinski definition) is 4. The molecule has 18 heavy (non-hydrogen) atoms. The molecular formula is C13H15N3OS. The molecule has 0 fully saturated rings. The van der Waals surface area contributed by atoms with Crippen molar-refractivity contribution in [2.45, 2.75) is 19.9 Å². The predicted octanol–water partition coefficient (Wildman–Crippen LogP) is 2.78. The largest absolute Gasteiger partial charge is 0.397 e. The van der Waals surface area contributed by atoms with E-state index in [9.17, 15) is 4.79 Å². The van der Waals surface area contributed by atoms with E-state index >= 15 is 0 Å². The average molecular weight is 261 g/mol. The fraction of sp³-hybridized carbons (Fsp3) is 0.231. The van der Waals surface area contributed by atoms with Crippen molar-refractivity contribution in [1.29, 1.82) is 0 Å². The average Bonchev–Trinajstić information content (AvgIpc) is 2.85. The molecular weight excluding hydrogens is 246 g/mol. The topological polar surface area (TPSA) is 59.2 Å². The number of anilines is 2. The van der Waals surface area contributed by atoms with Crippen molar-refractivity contribution in [2.24, 2.45) is 0 Å². The number of nitrogens with two attached hydrogens (primary N) is 1. The fourth-order valence-electron chi connectivity index (χ4n) is 1.66. The van der Waals surface area contributed by atoms with E-state index in [-0.39, 0.29) is 11.9 Å². The van der Waals surface area contributed by atoms with Crippen LogP contribution in [0.1, 0.15) is 23.5 Å². The highest BCUT2D eigenvalue weighted by molar-refractivity contribution is 7.12. The number of hydrogen-bond donors (Lipinski definition) is 1. The number of amides is 1. The lowest BCUT2D eigenvalue weighted by atomic mass is 10.2. The van der Waals surface area contributed by atoms with Gasteiger partial charge in [-0.15, -0.1) is 11.3 Å². The molecule has 0 atom stereocenters. The highest BCUT2D eigenvalue weighted by Gasteiger charge is 2.22. The third kappa shape index (κ3) is 2.51. The Hall–Kier alpha value is -1.88. The lowest BCUT2D eigenvalue weighted by Gasteiger charge is -2.25. The molecule has 2 aromatic rings. The van der Waals surface area contributed by atoms with Gasteiger partial charge < -0.3 is 5.73 Å². The lowest BCUT2D eigenvalue weighted by molar-refractivity contribution is 0.0983. The van der Waals surface area contributed by atoms with Gasteiger partial charge in [0, 0.05) is 6.04 Å². The Bertz CT molecular complexity index is 520. The summed E-state index contributed by atoms with van der Waals surface area (Å²) in [6.45, 7) is 3.92. The zero-order valence-corrected chi connectivity index (χ0v) is 11.1. The minimum atomic E-state index is -0.0303. The molecule has 0 saturated heterocycles. The number of rotatable bonds is 3. The zero-order valence-electron chi connectivity index (χ0n) is 10.3. The first-order valence-corrected chi connectivity index (χ1v) is 6.56. The summed E-state index contributed by atoms with van der Waals surface area (Å²) in [4.78, 5) is 19.0. The van der Waals surface area contributed by atoms with Crippen LogP contribution < -0.4 is 10.6 Å². The summed E-state index contributed by atoms with van der Waals surface area (Å²) in [6, 6.07) is 7.24. The molecule has 0 bridgehead atoms. The lowest BCUT2D eigenvalue weighted by Crippen LogP contribution is -2.37. The van der Waals surface area contributed by atoms with Crippen LogP contribution in [-0.4, -0.2) is 16.9 Å². The van der Waals surface area contributed by atoms with E-state index in [0.717, 1.165) is 0 Å². The minimum Gasteiger partial charge on any atom is -0.397 e. The van der Waals surface area contributed by atoms with Gasteiger partial charge in [0.2, 0.25) is 0 Å². The van der Waals surface area contributed by atoms with Crippen LogP contribution in [0.4, 0.5) is 11.5 Å².